The van der Waals surface area contributed by atoms with E-state index in [-0.39, 0.29) is 5.69 Å². The Bertz CT molecular complexity index is 613. The molecule has 0 atom stereocenters. The van der Waals surface area contributed by atoms with Crippen LogP contribution in [0.1, 0.15) is 11.1 Å². The number of rotatable bonds is 4. The van der Waals surface area contributed by atoms with Crippen LogP contribution in [0.2, 0.25) is 0 Å². The van der Waals surface area contributed by atoms with Crippen LogP contribution >= 0.6 is 0 Å². The maximum atomic E-state index is 10.7. The zero-order valence-corrected chi connectivity index (χ0v) is 10.5. The van der Waals surface area contributed by atoms with Gasteiger partial charge in [-0.2, -0.15) is 0 Å². The number of nitrogens with one attached hydrogen (secondary N) is 1. The number of nitrogen functional groups attached to an aromatic ring is 1. The van der Waals surface area contributed by atoms with Crippen molar-refractivity contribution in [2.45, 2.75) is 13.5 Å². The summed E-state index contributed by atoms with van der Waals surface area (Å²) < 4.78 is 0. The first-order valence-corrected chi connectivity index (χ1v) is 5.74. The molecule has 0 aliphatic carbocycles. The standard InChI is InChI=1S/C13H14N4O2/c1-9-7-15-3-2-10(9)8-16-12-4-11(14)5-13(6-12)17(18)19/h2-7,16H,8,14H2,1H3. The molecule has 0 amide bonds. The van der Waals surface area contributed by atoms with E-state index in [2.05, 4.69) is 10.3 Å². The number of nitrogens with zero attached hydrogens (tertiary/aromatic N) is 2. The molecule has 0 spiro atoms. The smallest absolute Gasteiger partial charge is 0.273 e. The minimum Gasteiger partial charge on any atom is -0.398 e. The van der Waals surface area contributed by atoms with E-state index in [1.807, 2.05) is 13.0 Å². The van der Waals surface area contributed by atoms with Gasteiger partial charge < -0.3 is 11.1 Å². The number of hydrogen-bond donors (Lipinski definition) is 2. The van der Waals surface area contributed by atoms with Gasteiger partial charge in [0, 0.05) is 42.4 Å². The van der Waals surface area contributed by atoms with Gasteiger partial charge in [-0.15, -0.1) is 0 Å². The Kier molecular flexibility index (Phi) is 3.61. The number of nitro benzene ring substituents is 1. The molecule has 1 aromatic carbocycles. The van der Waals surface area contributed by atoms with Crippen molar-refractivity contribution < 1.29 is 4.92 Å². The van der Waals surface area contributed by atoms with Crippen molar-refractivity contribution in [3.05, 3.63) is 57.9 Å². The average Bonchev–Trinajstić information content (AvgIpc) is 2.37. The van der Waals surface area contributed by atoms with Crippen LogP contribution in [0, 0.1) is 17.0 Å². The van der Waals surface area contributed by atoms with Crippen molar-refractivity contribution >= 4 is 17.1 Å². The molecular formula is C13H14N4O2. The van der Waals surface area contributed by atoms with E-state index in [4.69, 9.17) is 5.73 Å². The summed E-state index contributed by atoms with van der Waals surface area (Å²) in [6.07, 6.45) is 3.49. The Hall–Kier alpha value is -2.63. The Balaban J connectivity index is 2.16. The summed E-state index contributed by atoms with van der Waals surface area (Å²) in [6.45, 7) is 2.53. The van der Waals surface area contributed by atoms with Gasteiger partial charge in [0.25, 0.3) is 5.69 Å². The number of nitro groups is 1. The highest BCUT2D eigenvalue weighted by Crippen LogP contribution is 2.23. The monoisotopic (exact) mass is 258 g/mol. The summed E-state index contributed by atoms with van der Waals surface area (Å²) in [5, 5.41) is 13.9. The maximum Gasteiger partial charge on any atom is 0.273 e. The van der Waals surface area contributed by atoms with Crippen molar-refractivity contribution in [1.29, 1.82) is 0 Å². The molecule has 19 heavy (non-hydrogen) atoms. The van der Waals surface area contributed by atoms with Gasteiger partial charge in [0.15, 0.2) is 0 Å². The number of hydrogen-bond acceptors (Lipinski definition) is 5. The Morgan fingerprint density at radius 1 is 1.42 bits per heavy atom. The fraction of sp³-hybridized carbons (Fsp3) is 0.154. The van der Waals surface area contributed by atoms with Gasteiger partial charge in [-0.25, -0.2) is 0 Å². The molecule has 0 saturated carbocycles. The van der Waals surface area contributed by atoms with Gasteiger partial charge in [-0.3, -0.25) is 15.1 Å². The van der Waals surface area contributed by atoms with Gasteiger partial charge in [0.05, 0.1) is 4.92 Å². The second kappa shape index (κ2) is 5.34. The summed E-state index contributed by atoms with van der Waals surface area (Å²) >= 11 is 0. The molecule has 2 aromatic rings. The van der Waals surface area contributed by atoms with Gasteiger partial charge in [-0.05, 0) is 30.2 Å². The average molecular weight is 258 g/mol. The minimum atomic E-state index is -0.459. The van der Waals surface area contributed by atoms with E-state index in [1.54, 1.807) is 18.5 Å². The quantitative estimate of drug-likeness (QED) is 0.499. The first-order valence-electron chi connectivity index (χ1n) is 5.74. The number of aromatic nitrogens is 1. The van der Waals surface area contributed by atoms with Crippen LogP contribution in [-0.2, 0) is 6.54 Å². The Labute approximate surface area is 110 Å². The molecule has 0 bridgehead atoms. The molecule has 0 radical (unpaired) electrons. The van der Waals surface area contributed by atoms with Crippen molar-refractivity contribution in [2.75, 3.05) is 11.1 Å². The topological polar surface area (TPSA) is 94.1 Å². The van der Waals surface area contributed by atoms with Gasteiger partial charge in [0.2, 0.25) is 0 Å². The van der Waals surface area contributed by atoms with Crippen LogP contribution < -0.4 is 11.1 Å². The molecule has 2 rings (SSSR count). The zero-order valence-electron chi connectivity index (χ0n) is 10.5. The molecule has 0 unspecified atom stereocenters. The molecule has 3 N–H and O–H groups in total. The number of nitrogens with two attached hydrogens (primary N) is 1. The summed E-state index contributed by atoms with van der Waals surface area (Å²) in [7, 11) is 0. The number of aryl methyl sites for hydroxylation is 1. The van der Waals surface area contributed by atoms with Crippen molar-refractivity contribution in [1.82, 2.24) is 4.98 Å². The van der Waals surface area contributed by atoms with E-state index in [0.29, 0.717) is 17.9 Å². The SMILES string of the molecule is Cc1cnccc1CNc1cc(N)cc([N+](=O)[O-])c1. The number of non-ortho nitro benzene ring substituents is 1. The maximum absolute atomic E-state index is 10.7. The van der Waals surface area contributed by atoms with E-state index < -0.39 is 4.92 Å². The summed E-state index contributed by atoms with van der Waals surface area (Å²) in [5.74, 6) is 0. The van der Waals surface area contributed by atoms with Crippen LogP contribution in [0.3, 0.4) is 0 Å². The number of benzene rings is 1. The van der Waals surface area contributed by atoms with Crippen LogP contribution in [-0.4, -0.2) is 9.91 Å². The summed E-state index contributed by atoms with van der Waals surface area (Å²) in [5.41, 5.74) is 8.76. The predicted octanol–water partition coefficient (Wildman–Crippen LogP) is 2.49. The number of pyridine rings is 1. The fourth-order valence-corrected chi connectivity index (χ4v) is 1.74. The molecule has 6 heteroatoms. The molecule has 1 aromatic heterocycles. The molecule has 0 aliphatic heterocycles. The Morgan fingerprint density at radius 3 is 2.89 bits per heavy atom. The highest BCUT2D eigenvalue weighted by atomic mass is 16.6. The fourth-order valence-electron chi connectivity index (χ4n) is 1.74. The van der Waals surface area contributed by atoms with Crippen molar-refractivity contribution in [2.24, 2.45) is 0 Å². The lowest BCUT2D eigenvalue weighted by molar-refractivity contribution is -0.384. The molecule has 98 valence electrons. The van der Waals surface area contributed by atoms with E-state index >= 15 is 0 Å². The largest absolute Gasteiger partial charge is 0.398 e. The van der Waals surface area contributed by atoms with Crippen LogP contribution in [0.5, 0.6) is 0 Å². The third-order valence-electron chi connectivity index (χ3n) is 2.77. The second-order valence-electron chi connectivity index (χ2n) is 4.23. The van der Waals surface area contributed by atoms with Crippen molar-refractivity contribution in [3.8, 4) is 0 Å². The molecule has 0 fully saturated rings. The van der Waals surface area contributed by atoms with Crippen LogP contribution in [0.15, 0.2) is 36.7 Å². The van der Waals surface area contributed by atoms with E-state index in [0.717, 1.165) is 11.1 Å². The van der Waals surface area contributed by atoms with E-state index in [9.17, 15) is 10.1 Å². The highest BCUT2D eigenvalue weighted by Gasteiger charge is 2.08. The molecule has 1 heterocycles. The van der Waals surface area contributed by atoms with E-state index in [1.165, 1.54) is 12.1 Å². The first kappa shape index (κ1) is 12.8. The summed E-state index contributed by atoms with van der Waals surface area (Å²) in [4.78, 5) is 14.3. The van der Waals surface area contributed by atoms with Gasteiger partial charge >= 0.3 is 0 Å². The van der Waals surface area contributed by atoms with Crippen LogP contribution in [0.25, 0.3) is 0 Å². The van der Waals surface area contributed by atoms with Gasteiger partial charge in [-0.1, -0.05) is 0 Å². The lowest BCUT2D eigenvalue weighted by Gasteiger charge is -2.09. The molecule has 0 aliphatic rings. The number of anilines is 2. The first-order chi connectivity index (χ1) is 9.06. The molecule has 6 nitrogen and oxygen atoms in total. The van der Waals surface area contributed by atoms with Crippen LogP contribution in [0.4, 0.5) is 17.1 Å². The summed E-state index contributed by atoms with van der Waals surface area (Å²) in [6, 6.07) is 6.38. The normalized spacial score (nSPS) is 10.2. The molecule has 0 saturated heterocycles. The van der Waals surface area contributed by atoms with Crippen molar-refractivity contribution in [3.63, 3.8) is 0 Å². The Morgan fingerprint density at radius 2 is 2.21 bits per heavy atom. The highest BCUT2D eigenvalue weighted by molar-refractivity contribution is 5.61. The third kappa shape index (κ3) is 3.19. The molecular weight excluding hydrogens is 244 g/mol. The van der Waals surface area contributed by atoms with Gasteiger partial charge in [0.1, 0.15) is 0 Å². The third-order valence-corrected chi connectivity index (χ3v) is 2.77. The predicted molar refractivity (Wildman–Crippen MR) is 73.8 cm³/mol. The second-order valence-corrected chi connectivity index (χ2v) is 4.23. The zero-order chi connectivity index (χ0) is 13.8. The lowest BCUT2D eigenvalue weighted by Crippen LogP contribution is -2.03. The lowest BCUT2D eigenvalue weighted by atomic mass is 10.1. The minimum absolute atomic E-state index is 0.0195.